The summed E-state index contributed by atoms with van der Waals surface area (Å²) in [5, 5.41) is 4.77. The van der Waals surface area contributed by atoms with Gasteiger partial charge in [0.25, 0.3) is 5.56 Å². The zero-order valence-corrected chi connectivity index (χ0v) is 21.4. The van der Waals surface area contributed by atoms with Gasteiger partial charge in [-0.2, -0.15) is 0 Å². The number of oxime groups is 1. The quantitative estimate of drug-likeness (QED) is 0.225. The molecule has 6 nitrogen and oxygen atoms in total. The van der Waals surface area contributed by atoms with Gasteiger partial charge < -0.3 is 9.25 Å². The maximum atomic E-state index is 13.8. The van der Waals surface area contributed by atoms with Gasteiger partial charge in [-0.1, -0.05) is 63.6 Å². The molecule has 0 radical (unpaired) electrons. The average molecular weight is 591 g/mol. The van der Waals surface area contributed by atoms with E-state index >= 15 is 0 Å². The van der Waals surface area contributed by atoms with Crippen molar-refractivity contribution >= 4 is 48.5 Å². The second-order valence-electron chi connectivity index (χ2n) is 8.12. The summed E-state index contributed by atoms with van der Waals surface area (Å²) in [6.45, 7) is 0. The second-order valence-corrected chi connectivity index (χ2v) is 9.89. The van der Waals surface area contributed by atoms with Crippen molar-refractivity contribution < 1.29 is 9.25 Å². The molecule has 0 N–H and O–H groups in total. The largest absolute Gasteiger partial charge is 0.465 e. The van der Waals surface area contributed by atoms with Gasteiger partial charge >= 0.3 is 0 Å². The third-order valence-electron chi connectivity index (χ3n) is 5.91. The monoisotopic (exact) mass is 589 g/mol. The summed E-state index contributed by atoms with van der Waals surface area (Å²) in [7, 11) is 0. The highest BCUT2D eigenvalue weighted by molar-refractivity contribution is 9.11. The van der Waals surface area contributed by atoms with E-state index in [1.807, 2.05) is 72.8 Å². The van der Waals surface area contributed by atoms with Gasteiger partial charge in [-0.05, 0) is 57.9 Å². The third kappa shape index (κ3) is 4.02. The van der Waals surface area contributed by atoms with Crippen LogP contribution in [0.4, 0.5) is 0 Å². The summed E-state index contributed by atoms with van der Waals surface area (Å²) in [6.07, 6.45) is 2.01. The minimum absolute atomic E-state index is 0.150. The van der Waals surface area contributed by atoms with E-state index in [-0.39, 0.29) is 11.7 Å². The zero-order chi connectivity index (χ0) is 23.9. The molecule has 3 heterocycles. The fourth-order valence-electron chi connectivity index (χ4n) is 4.21. The number of hydrogen-bond donors (Lipinski definition) is 0. The summed E-state index contributed by atoms with van der Waals surface area (Å²) >= 11 is 7.05. The topological polar surface area (TPSA) is 69.6 Å². The number of aromatic nitrogens is 2. The van der Waals surface area contributed by atoms with E-state index in [2.05, 4.69) is 37.0 Å². The van der Waals surface area contributed by atoms with Crippen LogP contribution in [0, 0.1) is 0 Å². The van der Waals surface area contributed by atoms with Crippen molar-refractivity contribution in [1.82, 2.24) is 9.55 Å². The first-order chi connectivity index (χ1) is 17.1. The first kappa shape index (κ1) is 22.0. The summed E-state index contributed by atoms with van der Waals surface area (Å²) in [6, 6.07) is 24.8. The lowest BCUT2D eigenvalue weighted by Gasteiger charge is -2.15. The van der Waals surface area contributed by atoms with Gasteiger partial charge in [-0.25, -0.2) is 4.98 Å². The first-order valence-electron chi connectivity index (χ1n) is 10.9. The Hall–Kier alpha value is -3.49. The summed E-state index contributed by atoms with van der Waals surface area (Å²) in [5.41, 5.74) is 3.79. The van der Waals surface area contributed by atoms with E-state index in [0.717, 1.165) is 31.5 Å². The molecule has 0 bridgehead atoms. The zero-order valence-electron chi connectivity index (χ0n) is 18.2. The van der Waals surface area contributed by atoms with E-state index in [4.69, 9.17) is 14.2 Å². The molecule has 2 aromatic heterocycles. The van der Waals surface area contributed by atoms with Crippen LogP contribution in [0.15, 0.2) is 108 Å². The molecule has 172 valence electrons. The molecule has 6 rings (SSSR count). The lowest BCUT2D eigenvalue weighted by molar-refractivity contribution is 0.0689. The smallest absolute Gasteiger partial charge is 0.266 e. The van der Waals surface area contributed by atoms with Crippen molar-refractivity contribution in [1.29, 1.82) is 0 Å². The lowest BCUT2D eigenvalue weighted by atomic mass is 10.0. The molecule has 0 spiro atoms. The molecule has 0 aliphatic carbocycles. The Kier molecular flexibility index (Phi) is 5.62. The maximum absolute atomic E-state index is 13.8. The number of fused-ring (bicyclic) bond motifs is 1. The molecule has 3 aromatic carbocycles. The highest BCUT2D eigenvalue weighted by Gasteiger charge is 2.26. The number of nitrogens with zero attached hydrogens (tertiary/aromatic N) is 3. The van der Waals surface area contributed by atoms with Gasteiger partial charge in [0.15, 0.2) is 6.10 Å². The molecular formula is C27H17Br2N3O3. The Balaban J connectivity index is 1.44. The molecule has 1 unspecified atom stereocenters. The Morgan fingerprint density at radius 2 is 1.71 bits per heavy atom. The molecule has 5 aromatic rings. The van der Waals surface area contributed by atoms with Crippen LogP contribution in [0.5, 0.6) is 0 Å². The number of rotatable bonds is 4. The van der Waals surface area contributed by atoms with Crippen LogP contribution in [0.1, 0.15) is 23.8 Å². The molecule has 1 atom stereocenters. The van der Waals surface area contributed by atoms with E-state index in [0.29, 0.717) is 28.8 Å². The van der Waals surface area contributed by atoms with E-state index in [1.165, 1.54) is 0 Å². The van der Waals surface area contributed by atoms with Gasteiger partial charge in [0.05, 0.1) is 28.6 Å². The van der Waals surface area contributed by atoms with Crippen LogP contribution < -0.4 is 5.56 Å². The molecule has 1 aliphatic rings. The Labute approximate surface area is 217 Å². The summed E-state index contributed by atoms with van der Waals surface area (Å²) in [4.78, 5) is 24.2. The summed E-state index contributed by atoms with van der Waals surface area (Å²) in [5.74, 6) is 1.32. The van der Waals surface area contributed by atoms with Gasteiger partial charge in [0, 0.05) is 20.9 Å². The van der Waals surface area contributed by atoms with Crippen molar-refractivity contribution in [3.8, 4) is 17.1 Å². The second kappa shape index (κ2) is 8.94. The molecule has 0 saturated carbocycles. The molecule has 35 heavy (non-hydrogen) atoms. The van der Waals surface area contributed by atoms with Gasteiger partial charge in [0.2, 0.25) is 0 Å². The minimum atomic E-state index is -0.228. The normalized spacial score (nSPS) is 15.3. The Morgan fingerprint density at radius 1 is 0.914 bits per heavy atom. The average Bonchev–Trinajstić information content (AvgIpc) is 3.58. The number of hydrogen-bond acceptors (Lipinski definition) is 5. The van der Waals surface area contributed by atoms with Crippen LogP contribution in [-0.2, 0) is 4.84 Å². The van der Waals surface area contributed by atoms with Crippen molar-refractivity contribution in [3.05, 3.63) is 116 Å². The fraction of sp³-hybridized carbons (Fsp3) is 0.0741. The minimum Gasteiger partial charge on any atom is -0.465 e. The lowest BCUT2D eigenvalue weighted by Crippen LogP contribution is -2.22. The molecule has 8 heteroatoms. The van der Waals surface area contributed by atoms with Crippen LogP contribution in [0.2, 0.25) is 0 Å². The summed E-state index contributed by atoms with van der Waals surface area (Å²) < 4.78 is 8.66. The van der Waals surface area contributed by atoms with Crippen LogP contribution in [0.25, 0.3) is 28.0 Å². The molecule has 0 saturated heterocycles. The van der Waals surface area contributed by atoms with Gasteiger partial charge in [-0.15, -0.1) is 0 Å². The number of furan rings is 1. The van der Waals surface area contributed by atoms with Gasteiger partial charge in [0.1, 0.15) is 11.6 Å². The molecule has 0 amide bonds. The van der Waals surface area contributed by atoms with Crippen molar-refractivity contribution in [3.63, 3.8) is 0 Å². The SMILES string of the molecule is O=c1c2cc(Br)cc(Br)c2nc(-c2ccccc2)n1-c1ccc(C2=NOC(c3ccco3)C2)cc1. The third-order valence-corrected chi connectivity index (χ3v) is 6.97. The Morgan fingerprint density at radius 3 is 2.46 bits per heavy atom. The fourth-order valence-corrected chi connectivity index (χ4v) is 5.53. The van der Waals surface area contributed by atoms with Crippen molar-refractivity contribution in [2.45, 2.75) is 12.5 Å². The number of halogens is 2. The van der Waals surface area contributed by atoms with E-state index < -0.39 is 0 Å². The highest BCUT2D eigenvalue weighted by Crippen LogP contribution is 2.31. The van der Waals surface area contributed by atoms with Crippen molar-refractivity contribution in [2.24, 2.45) is 5.16 Å². The molecular weight excluding hydrogens is 574 g/mol. The predicted octanol–water partition coefficient (Wildman–Crippen LogP) is 7.04. The van der Waals surface area contributed by atoms with Crippen LogP contribution in [-0.4, -0.2) is 15.3 Å². The number of benzene rings is 3. The van der Waals surface area contributed by atoms with Gasteiger partial charge in [-0.3, -0.25) is 9.36 Å². The standard InChI is InChI=1S/C27H17Br2N3O3/c28-18-13-20-25(21(29)14-18)30-26(17-5-2-1-3-6-17)32(27(20)33)19-10-8-16(9-11-19)22-15-24(35-31-22)23-7-4-12-34-23/h1-14,24H,15H2. The predicted molar refractivity (Wildman–Crippen MR) is 142 cm³/mol. The Bertz CT molecular complexity index is 1630. The van der Waals surface area contributed by atoms with Crippen molar-refractivity contribution in [2.75, 3.05) is 0 Å². The van der Waals surface area contributed by atoms with E-state index in [9.17, 15) is 4.79 Å². The van der Waals surface area contributed by atoms with Crippen LogP contribution >= 0.6 is 31.9 Å². The molecule has 1 aliphatic heterocycles. The first-order valence-corrected chi connectivity index (χ1v) is 12.5. The van der Waals surface area contributed by atoms with E-state index in [1.54, 1.807) is 16.9 Å². The maximum Gasteiger partial charge on any atom is 0.266 e. The molecule has 0 fully saturated rings. The van der Waals surface area contributed by atoms with Crippen LogP contribution in [0.3, 0.4) is 0 Å². The highest BCUT2D eigenvalue weighted by atomic mass is 79.9.